The van der Waals surface area contributed by atoms with Crippen LogP contribution in [0, 0.1) is 0 Å². The van der Waals surface area contributed by atoms with Gasteiger partial charge in [-0.05, 0) is 25.7 Å². The Balaban J connectivity index is 1.43. The zero-order valence-electron chi connectivity index (χ0n) is 10.7. The molecule has 0 radical (unpaired) electrons. The number of hydrogen-bond donors (Lipinski definition) is 1. The van der Waals surface area contributed by atoms with Crippen molar-refractivity contribution < 1.29 is 4.52 Å². The van der Waals surface area contributed by atoms with Crippen LogP contribution in [0.3, 0.4) is 0 Å². The summed E-state index contributed by atoms with van der Waals surface area (Å²) in [5.41, 5.74) is 0. The molecule has 0 unspecified atom stereocenters. The van der Waals surface area contributed by atoms with Crippen molar-refractivity contribution in [1.29, 1.82) is 0 Å². The van der Waals surface area contributed by atoms with Gasteiger partial charge in [0.2, 0.25) is 5.89 Å². The summed E-state index contributed by atoms with van der Waals surface area (Å²) in [7, 11) is 0. The molecule has 2 aliphatic carbocycles. The van der Waals surface area contributed by atoms with E-state index in [9.17, 15) is 0 Å². The van der Waals surface area contributed by atoms with Crippen LogP contribution in [-0.4, -0.2) is 25.7 Å². The molecule has 2 saturated carbocycles. The maximum Gasteiger partial charge on any atom is 0.229 e. The fourth-order valence-corrected chi connectivity index (χ4v) is 2.15. The van der Waals surface area contributed by atoms with Gasteiger partial charge in [0, 0.05) is 24.4 Å². The van der Waals surface area contributed by atoms with Gasteiger partial charge >= 0.3 is 0 Å². The van der Waals surface area contributed by atoms with Crippen molar-refractivity contribution in [2.75, 3.05) is 0 Å². The summed E-state index contributed by atoms with van der Waals surface area (Å²) >= 11 is 0. The number of aromatic nitrogens is 4. The Morgan fingerprint density at radius 3 is 3.00 bits per heavy atom. The maximum absolute atomic E-state index is 5.27. The van der Waals surface area contributed by atoms with Crippen LogP contribution in [0.2, 0.25) is 0 Å². The van der Waals surface area contributed by atoms with E-state index < -0.39 is 0 Å². The first-order valence-electron chi connectivity index (χ1n) is 6.94. The van der Waals surface area contributed by atoms with E-state index in [1.54, 1.807) is 0 Å². The molecule has 0 saturated heterocycles. The Bertz CT molecular complexity index is 567. The molecule has 6 heteroatoms. The summed E-state index contributed by atoms with van der Waals surface area (Å²) in [6, 6.07) is 0.691. The van der Waals surface area contributed by atoms with E-state index in [4.69, 9.17) is 4.52 Å². The molecule has 2 aromatic rings. The number of imidazole rings is 1. The zero-order chi connectivity index (χ0) is 12.7. The molecular weight excluding hydrogens is 242 g/mol. The fourth-order valence-electron chi connectivity index (χ4n) is 2.15. The van der Waals surface area contributed by atoms with Crippen LogP contribution in [0.4, 0.5) is 0 Å². The average Bonchev–Trinajstić information content (AvgIpc) is 3.34. The molecule has 0 atom stereocenters. The smallest absolute Gasteiger partial charge is 0.229 e. The Morgan fingerprint density at radius 1 is 1.32 bits per heavy atom. The van der Waals surface area contributed by atoms with Crippen molar-refractivity contribution in [2.45, 2.75) is 50.7 Å². The first kappa shape index (κ1) is 11.2. The lowest BCUT2D eigenvalue weighted by Gasteiger charge is -2.05. The van der Waals surface area contributed by atoms with Gasteiger partial charge in [0.1, 0.15) is 5.82 Å². The number of hydrogen-bond acceptors (Lipinski definition) is 5. The molecule has 0 aliphatic heterocycles. The molecule has 1 N–H and O–H groups in total. The van der Waals surface area contributed by atoms with Crippen LogP contribution < -0.4 is 5.32 Å². The van der Waals surface area contributed by atoms with Crippen molar-refractivity contribution >= 4 is 0 Å². The van der Waals surface area contributed by atoms with Gasteiger partial charge in [-0.25, -0.2) is 4.98 Å². The predicted molar refractivity (Wildman–Crippen MR) is 67.5 cm³/mol. The van der Waals surface area contributed by atoms with E-state index in [0.29, 0.717) is 18.5 Å². The zero-order valence-corrected chi connectivity index (χ0v) is 10.7. The van der Waals surface area contributed by atoms with E-state index in [-0.39, 0.29) is 0 Å². The van der Waals surface area contributed by atoms with Crippen molar-refractivity contribution in [3.8, 4) is 0 Å². The first-order chi connectivity index (χ1) is 9.38. The number of nitrogens with zero attached hydrogens (tertiary/aromatic N) is 4. The fraction of sp³-hybridized carbons (Fsp3) is 0.615. The molecule has 2 fully saturated rings. The predicted octanol–water partition coefficient (Wildman–Crippen LogP) is 1.44. The molecule has 19 heavy (non-hydrogen) atoms. The molecule has 0 spiro atoms. The maximum atomic E-state index is 5.27. The summed E-state index contributed by atoms with van der Waals surface area (Å²) in [4.78, 5) is 8.83. The van der Waals surface area contributed by atoms with E-state index >= 15 is 0 Å². The highest BCUT2D eigenvalue weighted by Crippen LogP contribution is 2.38. The summed E-state index contributed by atoms with van der Waals surface area (Å²) in [6.45, 7) is 1.45. The molecule has 6 nitrogen and oxygen atoms in total. The second-order valence-corrected chi connectivity index (χ2v) is 5.45. The first-order valence-corrected chi connectivity index (χ1v) is 6.94. The summed E-state index contributed by atoms with van der Waals surface area (Å²) in [5, 5.41) is 7.52. The molecule has 0 bridgehead atoms. The third-order valence-corrected chi connectivity index (χ3v) is 3.65. The molecule has 4 rings (SSSR count). The monoisotopic (exact) mass is 259 g/mol. The SMILES string of the molecule is c1cn(Cc2noc(C3CC3)n2)c(CNC2CC2)n1. The highest BCUT2D eigenvalue weighted by molar-refractivity contribution is 5.03. The lowest BCUT2D eigenvalue weighted by molar-refractivity contribution is 0.372. The van der Waals surface area contributed by atoms with Crippen LogP contribution in [0.1, 0.15) is 49.1 Å². The molecule has 0 aromatic carbocycles. The topological polar surface area (TPSA) is 68.8 Å². The Hall–Kier alpha value is -1.69. The Labute approximate surface area is 111 Å². The van der Waals surface area contributed by atoms with Gasteiger partial charge < -0.3 is 14.4 Å². The number of rotatable bonds is 6. The second kappa shape index (κ2) is 4.45. The minimum Gasteiger partial charge on any atom is -0.339 e. The highest BCUT2D eigenvalue weighted by Gasteiger charge is 2.29. The summed E-state index contributed by atoms with van der Waals surface area (Å²) in [6.07, 6.45) is 8.74. The molecule has 2 aliphatic rings. The van der Waals surface area contributed by atoms with Gasteiger partial charge in [0.05, 0.1) is 13.1 Å². The van der Waals surface area contributed by atoms with Crippen molar-refractivity contribution in [2.24, 2.45) is 0 Å². The molecule has 2 heterocycles. The minimum absolute atomic E-state index is 0.514. The lowest BCUT2D eigenvalue weighted by atomic mass is 10.4. The van der Waals surface area contributed by atoms with Crippen LogP contribution in [0.25, 0.3) is 0 Å². The normalized spacial score (nSPS) is 18.9. The van der Waals surface area contributed by atoms with E-state index in [0.717, 1.165) is 24.1 Å². The van der Waals surface area contributed by atoms with Gasteiger partial charge in [-0.15, -0.1) is 0 Å². The molecular formula is C13H17N5O. The second-order valence-electron chi connectivity index (χ2n) is 5.45. The third-order valence-electron chi connectivity index (χ3n) is 3.65. The van der Waals surface area contributed by atoms with Crippen molar-refractivity contribution in [1.82, 2.24) is 25.0 Å². The van der Waals surface area contributed by atoms with Crippen LogP contribution in [-0.2, 0) is 13.1 Å². The van der Waals surface area contributed by atoms with Gasteiger partial charge in [0.25, 0.3) is 0 Å². The van der Waals surface area contributed by atoms with E-state index in [1.807, 2.05) is 12.4 Å². The van der Waals surface area contributed by atoms with Gasteiger partial charge in [-0.2, -0.15) is 4.98 Å². The molecule has 2 aromatic heterocycles. The molecule has 0 amide bonds. The Morgan fingerprint density at radius 2 is 2.21 bits per heavy atom. The van der Waals surface area contributed by atoms with Gasteiger partial charge in [-0.1, -0.05) is 5.16 Å². The highest BCUT2D eigenvalue weighted by atomic mass is 16.5. The van der Waals surface area contributed by atoms with Crippen LogP contribution in [0.5, 0.6) is 0 Å². The van der Waals surface area contributed by atoms with Crippen LogP contribution in [0.15, 0.2) is 16.9 Å². The summed E-state index contributed by atoms with van der Waals surface area (Å²) < 4.78 is 7.36. The summed E-state index contributed by atoms with van der Waals surface area (Å²) in [5.74, 6) is 3.09. The van der Waals surface area contributed by atoms with E-state index in [2.05, 4.69) is 25.0 Å². The largest absolute Gasteiger partial charge is 0.339 e. The number of nitrogens with one attached hydrogen (secondary N) is 1. The van der Waals surface area contributed by atoms with Crippen molar-refractivity contribution in [3.05, 3.63) is 29.9 Å². The van der Waals surface area contributed by atoms with Crippen molar-refractivity contribution in [3.63, 3.8) is 0 Å². The van der Waals surface area contributed by atoms with E-state index in [1.165, 1.54) is 25.7 Å². The third kappa shape index (κ3) is 2.53. The Kier molecular flexibility index (Phi) is 2.61. The lowest BCUT2D eigenvalue weighted by Crippen LogP contribution is -2.19. The quantitative estimate of drug-likeness (QED) is 0.850. The average molecular weight is 259 g/mol. The van der Waals surface area contributed by atoms with Crippen LogP contribution >= 0.6 is 0 Å². The minimum atomic E-state index is 0.514. The molecule has 100 valence electrons. The van der Waals surface area contributed by atoms with Gasteiger partial charge in [0.15, 0.2) is 5.82 Å². The van der Waals surface area contributed by atoms with Gasteiger partial charge in [-0.3, -0.25) is 0 Å². The standard InChI is InChI=1S/C13H17N5O/c1-2-9(1)13-16-11(17-19-13)8-18-6-5-14-12(18)7-15-10-3-4-10/h5-6,9-10,15H,1-4,7-8H2.